The molecule has 1 heterocycles. The lowest BCUT2D eigenvalue weighted by Crippen LogP contribution is -2.27. The molecule has 5 heteroatoms. The quantitative estimate of drug-likeness (QED) is 0.856. The maximum absolute atomic E-state index is 11.2. The highest BCUT2D eigenvalue weighted by Crippen LogP contribution is 2.11. The predicted octanol–water partition coefficient (Wildman–Crippen LogP) is 1.38. The van der Waals surface area contributed by atoms with Crippen molar-refractivity contribution in [3.05, 3.63) is 35.4 Å². The summed E-state index contributed by atoms with van der Waals surface area (Å²) < 4.78 is 4.80. The van der Waals surface area contributed by atoms with Gasteiger partial charge < -0.3 is 14.7 Å². The largest absolute Gasteiger partial charge is 0.478 e. The zero-order valence-electron chi connectivity index (χ0n) is 9.26. The number of benzene rings is 1. The van der Waals surface area contributed by atoms with Crippen LogP contribution in [0.2, 0.25) is 0 Å². The Morgan fingerprint density at radius 3 is 2.82 bits per heavy atom. The van der Waals surface area contributed by atoms with Gasteiger partial charge in [-0.1, -0.05) is 18.2 Å². The van der Waals surface area contributed by atoms with E-state index in [0.29, 0.717) is 31.7 Å². The topological polar surface area (TPSA) is 66.8 Å². The minimum absolute atomic E-state index is 0.292. The van der Waals surface area contributed by atoms with Gasteiger partial charge in [0.15, 0.2) is 0 Å². The van der Waals surface area contributed by atoms with Crippen molar-refractivity contribution in [2.45, 2.75) is 6.42 Å². The molecule has 0 unspecified atom stereocenters. The van der Waals surface area contributed by atoms with E-state index in [-0.39, 0.29) is 6.09 Å². The summed E-state index contributed by atoms with van der Waals surface area (Å²) in [6, 6.07) is 6.83. The van der Waals surface area contributed by atoms with Gasteiger partial charge in [-0.05, 0) is 18.1 Å². The molecule has 1 saturated heterocycles. The van der Waals surface area contributed by atoms with Crippen molar-refractivity contribution in [1.82, 2.24) is 4.90 Å². The van der Waals surface area contributed by atoms with Crippen molar-refractivity contribution in [1.29, 1.82) is 0 Å². The van der Waals surface area contributed by atoms with Crippen LogP contribution in [-0.2, 0) is 11.2 Å². The lowest BCUT2D eigenvalue weighted by Gasteiger charge is -2.13. The molecule has 0 atom stereocenters. The van der Waals surface area contributed by atoms with E-state index in [9.17, 15) is 9.59 Å². The third-order valence-electron chi connectivity index (χ3n) is 2.74. The molecule has 0 aliphatic carbocycles. The van der Waals surface area contributed by atoms with Gasteiger partial charge in [0.25, 0.3) is 0 Å². The number of aromatic carboxylic acids is 1. The Labute approximate surface area is 98.6 Å². The fraction of sp³-hybridized carbons (Fsp3) is 0.333. The zero-order valence-corrected chi connectivity index (χ0v) is 9.26. The molecule has 0 bridgehead atoms. The average Bonchev–Trinajstić information content (AvgIpc) is 2.72. The first-order valence-corrected chi connectivity index (χ1v) is 5.41. The summed E-state index contributed by atoms with van der Waals surface area (Å²) in [6.45, 7) is 1.48. The number of rotatable bonds is 4. The van der Waals surface area contributed by atoms with E-state index in [1.165, 1.54) is 0 Å². The monoisotopic (exact) mass is 235 g/mol. The Morgan fingerprint density at radius 1 is 1.41 bits per heavy atom. The summed E-state index contributed by atoms with van der Waals surface area (Å²) in [5, 5.41) is 9.00. The molecule has 0 saturated carbocycles. The van der Waals surface area contributed by atoms with Crippen molar-refractivity contribution in [3.63, 3.8) is 0 Å². The Bertz CT molecular complexity index is 444. The molecule has 90 valence electrons. The summed E-state index contributed by atoms with van der Waals surface area (Å²) in [4.78, 5) is 23.8. The molecule has 17 heavy (non-hydrogen) atoms. The number of carbonyl (C=O) groups excluding carboxylic acids is 1. The van der Waals surface area contributed by atoms with E-state index in [1.54, 1.807) is 29.2 Å². The molecule has 1 aliphatic heterocycles. The van der Waals surface area contributed by atoms with Crippen LogP contribution in [0.15, 0.2) is 24.3 Å². The molecular weight excluding hydrogens is 222 g/mol. The number of amides is 1. The second kappa shape index (κ2) is 4.86. The van der Waals surface area contributed by atoms with Crippen molar-refractivity contribution in [2.24, 2.45) is 0 Å². The van der Waals surface area contributed by atoms with Crippen molar-refractivity contribution in [2.75, 3.05) is 19.7 Å². The first kappa shape index (κ1) is 11.4. The lowest BCUT2D eigenvalue weighted by atomic mass is 10.0. The predicted molar refractivity (Wildman–Crippen MR) is 60.0 cm³/mol. The zero-order chi connectivity index (χ0) is 12.3. The van der Waals surface area contributed by atoms with Gasteiger partial charge in [-0.15, -0.1) is 0 Å². The van der Waals surface area contributed by atoms with Crippen molar-refractivity contribution >= 4 is 12.1 Å². The fourth-order valence-electron chi connectivity index (χ4n) is 1.83. The Morgan fingerprint density at radius 2 is 2.18 bits per heavy atom. The number of ether oxygens (including phenoxy) is 1. The fourth-order valence-corrected chi connectivity index (χ4v) is 1.83. The van der Waals surface area contributed by atoms with Gasteiger partial charge in [0, 0.05) is 6.54 Å². The highest BCUT2D eigenvalue weighted by Gasteiger charge is 2.21. The van der Waals surface area contributed by atoms with E-state index < -0.39 is 5.97 Å². The third kappa shape index (κ3) is 2.55. The summed E-state index contributed by atoms with van der Waals surface area (Å²) >= 11 is 0. The molecule has 2 rings (SSSR count). The molecule has 1 fully saturated rings. The summed E-state index contributed by atoms with van der Waals surface area (Å²) in [7, 11) is 0. The highest BCUT2D eigenvalue weighted by molar-refractivity contribution is 5.89. The number of hydrogen-bond acceptors (Lipinski definition) is 3. The van der Waals surface area contributed by atoms with Crippen LogP contribution in [0.4, 0.5) is 4.79 Å². The van der Waals surface area contributed by atoms with Crippen molar-refractivity contribution in [3.8, 4) is 0 Å². The average molecular weight is 235 g/mol. The van der Waals surface area contributed by atoms with Gasteiger partial charge in [-0.2, -0.15) is 0 Å². The van der Waals surface area contributed by atoms with Crippen molar-refractivity contribution < 1.29 is 19.4 Å². The number of carboxylic acids is 1. The first-order chi connectivity index (χ1) is 8.18. The molecule has 0 aromatic heterocycles. The molecule has 0 radical (unpaired) electrons. The molecule has 1 aliphatic rings. The normalized spacial score (nSPS) is 14.8. The maximum Gasteiger partial charge on any atom is 0.409 e. The number of carbonyl (C=O) groups is 2. The minimum Gasteiger partial charge on any atom is -0.478 e. The number of carboxylic acid groups (broad SMARTS) is 1. The summed E-state index contributed by atoms with van der Waals surface area (Å²) in [5.74, 6) is -0.940. The van der Waals surface area contributed by atoms with Crippen LogP contribution in [0.5, 0.6) is 0 Å². The van der Waals surface area contributed by atoms with E-state index in [4.69, 9.17) is 9.84 Å². The Balaban J connectivity index is 2.03. The molecule has 1 N–H and O–H groups in total. The minimum atomic E-state index is -0.940. The number of cyclic esters (lactones) is 1. The maximum atomic E-state index is 11.2. The number of nitrogens with zero attached hydrogens (tertiary/aromatic N) is 1. The van der Waals surface area contributed by atoms with Crippen LogP contribution < -0.4 is 0 Å². The number of hydrogen-bond donors (Lipinski definition) is 1. The van der Waals surface area contributed by atoms with Crippen LogP contribution >= 0.6 is 0 Å². The Kier molecular flexibility index (Phi) is 3.27. The molecule has 1 aromatic rings. The van der Waals surface area contributed by atoms with Crippen LogP contribution in [0.25, 0.3) is 0 Å². The Hall–Kier alpha value is -2.04. The molecular formula is C12H13NO4. The third-order valence-corrected chi connectivity index (χ3v) is 2.74. The van der Waals surface area contributed by atoms with Gasteiger partial charge in [0.2, 0.25) is 0 Å². The van der Waals surface area contributed by atoms with Gasteiger partial charge in [-0.3, -0.25) is 0 Å². The van der Waals surface area contributed by atoms with Gasteiger partial charge in [-0.25, -0.2) is 9.59 Å². The van der Waals surface area contributed by atoms with E-state index >= 15 is 0 Å². The summed E-state index contributed by atoms with van der Waals surface area (Å²) in [6.07, 6.45) is 0.204. The standard InChI is InChI=1S/C12H13NO4/c14-11(15)10-4-2-1-3-9(10)5-6-13-7-8-17-12(13)16/h1-4H,5-8H2,(H,14,15). The van der Waals surface area contributed by atoms with Gasteiger partial charge in [0.05, 0.1) is 12.1 Å². The first-order valence-electron chi connectivity index (χ1n) is 5.41. The summed E-state index contributed by atoms with van der Waals surface area (Å²) in [5.41, 5.74) is 1.03. The van der Waals surface area contributed by atoms with Gasteiger partial charge in [0.1, 0.15) is 6.61 Å². The molecule has 5 nitrogen and oxygen atoms in total. The second-order valence-corrected chi connectivity index (χ2v) is 3.81. The van der Waals surface area contributed by atoms with E-state index in [1.807, 2.05) is 0 Å². The van der Waals surface area contributed by atoms with Crippen LogP contribution in [0, 0.1) is 0 Å². The second-order valence-electron chi connectivity index (χ2n) is 3.81. The highest BCUT2D eigenvalue weighted by atomic mass is 16.6. The molecule has 1 aromatic carbocycles. The lowest BCUT2D eigenvalue weighted by molar-refractivity contribution is 0.0695. The van der Waals surface area contributed by atoms with E-state index in [2.05, 4.69) is 0 Å². The molecule has 1 amide bonds. The van der Waals surface area contributed by atoms with Gasteiger partial charge >= 0.3 is 12.1 Å². The SMILES string of the molecule is O=C(O)c1ccccc1CCN1CCOC1=O. The van der Waals surface area contributed by atoms with Crippen LogP contribution in [0.3, 0.4) is 0 Å². The molecule has 0 spiro atoms. The van der Waals surface area contributed by atoms with Crippen LogP contribution in [0.1, 0.15) is 15.9 Å². The van der Waals surface area contributed by atoms with E-state index in [0.717, 1.165) is 5.56 Å². The smallest absolute Gasteiger partial charge is 0.409 e. The van der Waals surface area contributed by atoms with Crippen LogP contribution in [-0.4, -0.2) is 41.8 Å².